The molecule has 5 nitrogen and oxygen atoms in total. The van der Waals surface area contributed by atoms with Crippen LogP contribution in [0, 0.1) is 5.92 Å². The standard InChI is InChI=1S/C12H12ClN3O2/c13-9-5-11-10(4-8(9)12(17)18)14-15-16(11)6-7-2-1-3-7/h4-5,7H,1-3,6H2,(H,17,18). The zero-order valence-electron chi connectivity index (χ0n) is 9.64. The molecule has 2 aromatic rings. The minimum Gasteiger partial charge on any atom is -0.478 e. The number of benzene rings is 1. The smallest absolute Gasteiger partial charge is 0.337 e. The lowest BCUT2D eigenvalue weighted by atomic mass is 9.85. The summed E-state index contributed by atoms with van der Waals surface area (Å²) in [4.78, 5) is 11.0. The van der Waals surface area contributed by atoms with Crippen molar-refractivity contribution in [3.63, 3.8) is 0 Å². The van der Waals surface area contributed by atoms with E-state index in [1.807, 2.05) is 4.68 Å². The topological polar surface area (TPSA) is 68.0 Å². The fourth-order valence-corrected chi connectivity index (χ4v) is 2.45. The molecular formula is C12H12ClN3O2. The molecule has 3 rings (SSSR count). The van der Waals surface area contributed by atoms with Crippen molar-refractivity contribution in [2.45, 2.75) is 25.8 Å². The number of aromatic carboxylic acids is 1. The van der Waals surface area contributed by atoms with E-state index in [0.717, 1.165) is 12.1 Å². The zero-order valence-corrected chi connectivity index (χ0v) is 10.4. The number of hydrogen-bond donors (Lipinski definition) is 1. The molecule has 0 saturated heterocycles. The molecule has 18 heavy (non-hydrogen) atoms. The average molecular weight is 266 g/mol. The molecular weight excluding hydrogens is 254 g/mol. The summed E-state index contributed by atoms with van der Waals surface area (Å²) < 4.78 is 1.82. The molecule has 1 N–H and O–H groups in total. The van der Waals surface area contributed by atoms with Gasteiger partial charge in [0.25, 0.3) is 0 Å². The Kier molecular flexibility index (Phi) is 2.70. The quantitative estimate of drug-likeness (QED) is 0.926. The fraction of sp³-hybridized carbons (Fsp3) is 0.417. The third-order valence-electron chi connectivity index (χ3n) is 3.49. The highest BCUT2D eigenvalue weighted by molar-refractivity contribution is 6.34. The summed E-state index contributed by atoms with van der Waals surface area (Å²) in [5, 5.41) is 17.3. The van der Waals surface area contributed by atoms with Crippen LogP contribution in [0.25, 0.3) is 11.0 Å². The predicted octanol–water partition coefficient (Wildman–Crippen LogP) is 2.58. The summed E-state index contributed by atoms with van der Waals surface area (Å²) in [6.07, 6.45) is 3.73. The van der Waals surface area contributed by atoms with Crippen LogP contribution in [0.15, 0.2) is 12.1 Å². The molecule has 1 heterocycles. The maximum Gasteiger partial charge on any atom is 0.337 e. The van der Waals surface area contributed by atoms with Crippen molar-refractivity contribution in [3.8, 4) is 0 Å². The third-order valence-corrected chi connectivity index (χ3v) is 3.80. The van der Waals surface area contributed by atoms with Crippen molar-refractivity contribution in [2.24, 2.45) is 5.92 Å². The van der Waals surface area contributed by atoms with E-state index in [2.05, 4.69) is 10.3 Å². The molecule has 1 saturated carbocycles. The number of nitrogens with zero attached hydrogens (tertiary/aromatic N) is 3. The highest BCUT2D eigenvalue weighted by Gasteiger charge is 2.20. The van der Waals surface area contributed by atoms with Crippen LogP contribution in [0.5, 0.6) is 0 Å². The van der Waals surface area contributed by atoms with Gasteiger partial charge in [0.2, 0.25) is 0 Å². The molecule has 0 aliphatic heterocycles. The van der Waals surface area contributed by atoms with Gasteiger partial charge in [0.15, 0.2) is 0 Å². The first kappa shape index (κ1) is 11.5. The van der Waals surface area contributed by atoms with Gasteiger partial charge in [-0.1, -0.05) is 23.2 Å². The van der Waals surface area contributed by atoms with Crippen molar-refractivity contribution in [2.75, 3.05) is 0 Å². The Morgan fingerprint density at radius 1 is 1.50 bits per heavy atom. The molecule has 1 aromatic heterocycles. The van der Waals surface area contributed by atoms with E-state index < -0.39 is 5.97 Å². The van der Waals surface area contributed by atoms with Crippen LogP contribution < -0.4 is 0 Å². The Morgan fingerprint density at radius 3 is 2.89 bits per heavy atom. The maximum absolute atomic E-state index is 11.0. The molecule has 1 fully saturated rings. The van der Waals surface area contributed by atoms with Gasteiger partial charge in [-0.05, 0) is 30.9 Å². The number of rotatable bonds is 3. The van der Waals surface area contributed by atoms with Crippen LogP contribution in [0.1, 0.15) is 29.6 Å². The van der Waals surface area contributed by atoms with Crippen LogP contribution in [-0.2, 0) is 6.54 Å². The van der Waals surface area contributed by atoms with E-state index in [4.69, 9.17) is 16.7 Å². The minimum absolute atomic E-state index is 0.0693. The first-order valence-corrected chi connectivity index (χ1v) is 6.29. The largest absolute Gasteiger partial charge is 0.478 e. The molecule has 0 spiro atoms. The van der Waals surface area contributed by atoms with Gasteiger partial charge in [0.05, 0.1) is 16.1 Å². The van der Waals surface area contributed by atoms with Gasteiger partial charge in [-0.3, -0.25) is 0 Å². The Labute approximate surface area is 108 Å². The van der Waals surface area contributed by atoms with Gasteiger partial charge >= 0.3 is 5.97 Å². The maximum atomic E-state index is 11.0. The van der Waals surface area contributed by atoms with Crippen molar-refractivity contribution >= 4 is 28.6 Å². The number of aromatic nitrogens is 3. The summed E-state index contributed by atoms with van der Waals surface area (Å²) in [6, 6.07) is 3.11. The Balaban J connectivity index is 2.02. The summed E-state index contributed by atoms with van der Waals surface area (Å²) in [5.74, 6) is -0.386. The first-order valence-electron chi connectivity index (χ1n) is 5.91. The van der Waals surface area contributed by atoms with Crippen molar-refractivity contribution in [1.82, 2.24) is 15.0 Å². The third kappa shape index (κ3) is 1.84. The van der Waals surface area contributed by atoms with Crippen molar-refractivity contribution < 1.29 is 9.90 Å². The number of halogens is 1. The van der Waals surface area contributed by atoms with Crippen LogP contribution >= 0.6 is 11.6 Å². The van der Waals surface area contributed by atoms with Gasteiger partial charge < -0.3 is 5.11 Å². The summed E-state index contributed by atoms with van der Waals surface area (Å²) >= 11 is 5.96. The van der Waals surface area contributed by atoms with E-state index in [1.54, 1.807) is 6.07 Å². The van der Waals surface area contributed by atoms with Crippen molar-refractivity contribution in [1.29, 1.82) is 0 Å². The first-order chi connectivity index (χ1) is 8.65. The monoisotopic (exact) mass is 265 g/mol. The number of hydrogen-bond acceptors (Lipinski definition) is 3. The van der Waals surface area contributed by atoms with E-state index in [9.17, 15) is 4.79 Å². The molecule has 0 unspecified atom stereocenters. The van der Waals surface area contributed by atoms with Crippen LogP contribution in [-0.4, -0.2) is 26.1 Å². The molecule has 1 aliphatic carbocycles. The Bertz CT molecular complexity index is 619. The second-order valence-electron chi connectivity index (χ2n) is 4.69. The molecule has 0 atom stereocenters. The molecule has 1 aliphatic rings. The lowest BCUT2D eigenvalue weighted by Gasteiger charge is -2.24. The lowest BCUT2D eigenvalue weighted by Crippen LogP contribution is -2.18. The van der Waals surface area contributed by atoms with E-state index >= 15 is 0 Å². The summed E-state index contributed by atoms with van der Waals surface area (Å²) in [6.45, 7) is 0.833. The summed E-state index contributed by atoms with van der Waals surface area (Å²) in [7, 11) is 0. The fourth-order valence-electron chi connectivity index (χ4n) is 2.21. The molecule has 0 radical (unpaired) electrons. The van der Waals surface area contributed by atoms with Crippen LogP contribution in [0.2, 0.25) is 5.02 Å². The lowest BCUT2D eigenvalue weighted by molar-refractivity contribution is 0.0697. The molecule has 1 aromatic carbocycles. The number of fused-ring (bicyclic) bond motifs is 1. The molecule has 0 amide bonds. The molecule has 94 valence electrons. The van der Waals surface area contributed by atoms with E-state index in [0.29, 0.717) is 11.4 Å². The minimum atomic E-state index is -1.05. The second kappa shape index (κ2) is 4.24. The predicted molar refractivity (Wildman–Crippen MR) is 66.8 cm³/mol. The number of carboxylic acid groups (broad SMARTS) is 1. The van der Waals surface area contributed by atoms with Crippen LogP contribution in [0.4, 0.5) is 0 Å². The van der Waals surface area contributed by atoms with Gasteiger partial charge in [0.1, 0.15) is 5.52 Å². The summed E-state index contributed by atoms with van der Waals surface area (Å²) in [5.41, 5.74) is 1.45. The molecule has 0 bridgehead atoms. The number of carboxylic acids is 1. The van der Waals surface area contributed by atoms with E-state index in [1.165, 1.54) is 25.3 Å². The normalized spacial score (nSPS) is 15.8. The zero-order chi connectivity index (χ0) is 12.7. The Hall–Kier alpha value is -1.62. The van der Waals surface area contributed by atoms with Gasteiger partial charge in [-0.2, -0.15) is 0 Å². The van der Waals surface area contributed by atoms with E-state index in [-0.39, 0.29) is 10.6 Å². The second-order valence-corrected chi connectivity index (χ2v) is 5.10. The van der Waals surface area contributed by atoms with Gasteiger partial charge in [-0.25, -0.2) is 9.48 Å². The molecule has 6 heteroatoms. The average Bonchev–Trinajstić information content (AvgIpc) is 2.64. The Morgan fingerprint density at radius 2 is 2.28 bits per heavy atom. The highest BCUT2D eigenvalue weighted by atomic mass is 35.5. The van der Waals surface area contributed by atoms with Gasteiger partial charge in [0, 0.05) is 6.54 Å². The van der Waals surface area contributed by atoms with Crippen molar-refractivity contribution in [3.05, 3.63) is 22.7 Å². The van der Waals surface area contributed by atoms with Crippen LogP contribution in [0.3, 0.4) is 0 Å². The SMILES string of the molecule is O=C(O)c1cc2nnn(CC3CCC3)c2cc1Cl. The number of carbonyl (C=O) groups is 1. The highest BCUT2D eigenvalue weighted by Crippen LogP contribution is 2.29. The van der Waals surface area contributed by atoms with Gasteiger partial charge in [-0.15, -0.1) is 5.10 Å².